The molecule has 0 unspecified atom stereocenters. The summed E-state index contributed by atoms with van der Waals surface area (Å²) in [4.78, 5) is 20.9. The third kappa shape index (κ3) is 7.12. The number of aromatic nitrogens is 3. The molecule has 13 heteroatoms. The largest absolute Gasteiger partial charge is 0.437 e. The molecule has 8 nitrogen and oxygen atoms in total. The van der Waals surface area contributed by atoms with Crippen LogP contribution in [0, 0.1) is 5.82 Å². The highest BCUT2D eigenvalue weighted by Gasteiger charge is 2.37. The Hall–Kier alpha value is -3.35. The van der Waals surface area contributed by atoms with E-state index in [1.165, 1.54) is 30.5 Å². The number of carbonyl (C=O) groups is 1. The van der Waals surface area contributed by atoms with Gasteiger partial charge < -0.3 is 20.4 Å². The third-order valence-corrected chi connectivity index (χ3v) is 6.06. The summed E-state index contributed by atoms with van der Waals surface area (Å²) in [5, 5.41) is 12.4. The van der Waals surface area contributed by atoms with Crippen molar-refractivity contribution in [1.82, 2.24) is 25.0 Å². The molecule has 2 N–H and O–H groups in total. The lowest BCUT2D eigenvalue weighted by molar-refractivity contribution is -0.141. The summed E-state index contributed by atoms with van der Waals surface area (Å²) in [6.07, 6.45) is -3.23. The smallest absolute Gasteiger partial charge is 0.353 e. The van der Waals surface area contributed by atoms with Gasteiger partial charge >= 0.3 is 6.18 Å². The molecule has 1 fully saturated rings. The predicted octanol–water partition coefficient (Wildman–Crippen LogP) is 4.67. The van der Waals surface area contributed by atoms with E-state index in [0.717, 1.165) is 38.3 Å². The van der Waals surface area contributed by atoms with E-state index in [4.69, 9.17) is 11.6 Å². The van der Waals surface area contributed by atoms with Crippen molar-refractivity contribution in [3.63, 3.8) is 0 Å². The van der Waals surface area contributed by atoms with Crippen LogP contribution in [0.3, 0.4) is 0 Å². The first kappa shape index (κ1) is 26.7. The first-order chi connectivity index (χ1) is 17.6. The predicted molar refractivity (Wildman–Crippen MR) is 132 cm³/mol. The van der Waals surface area contributed by atoms with Crippen LogP contribution in [-0.2, 0) is 11.0 Å². The Kier molecular flexibility index (Phi) is 8.20. The van der Waals surface area contributed by atoms with Gasteiger partial charge in [0.1, 0.15) is 11.6 Å². The van der Waals surface area contributed by atoms with Gasteiger partial charge in [-0.25, -0.2) is 9.37 Å². The van der Waals surface area contributed by atoms with Crippen LogP contribution in [0.5, 0.6) is 0 Å². The fourth-order valence-electron chi connectivity index (χ4n) is 3.79. The summed E-state index contributed by atoms with van der Waals surface area (Å²) < 4.78 is 55.2. The maximum Gasteiger partial charge on any atom is 0.437 e. The molecule has 0 spiro atoms. The highest BCUT2D eigenvalue weighted by atomic mass is 35.5. The zero-order valence-corrected chi connectivity index (χ0v) is 20.6. The molecule has 2 aromatic heterocycles. The van der Waals surface area contributed by atoms with Gasteiger partial charge in [0.25, 0.3) is 0 Å². The van der Waals surface area contributed by atoms with Crippen molar-refractivity contribution >= 4 is 34.7 Å². The van der Waals surface area contributed by atoms with Gasteiger partial charge in [-0.1, -0.05) is 11.6 Å². The molecule has 0 bridgehead atoms. The second kappa shape index (κ2) is 11.4. The van der Waals surface area contributed by atoms with Crippen molar-refractivity contribution in [1.29, 1.82) is 0 Å². The molecule has 0 aliphatic carbocycles. The molecule has 196 valence electrons. The molecule has 0 saturated carbocycles. The molecular formula is C24H24ClF4N7O. The molecule has 1 saturated heterocycles. The number of anilines is 3. The lowest BCUT2D eigenvalue weighted by Gasteiger charge is -2.32. The van der Waals surface area contributed by atoms with Crippen molar-refractivity contribution in [2.24, 2.45) is 0 Å². The molecule has 0 atom stereocenters. The number of hydrogen-bond donors (Lipinski definition) is 2. The Labute approximate surface area is 215 Å². The van der Waals surface area contributed by atoms with E-state index in [-0.39, 0.29) is 40.1 Å². The summed E-state index contributed by atoms with van der Waals surface area (Å²) in [6, 6.07) is 7.52. The van der Waals surface area contributed by atoms with Crippen molar-refractivity contribution in [2.45, 2.75) is 12.6 Å². The van der Waals surface area contributed by atoms with Gasteiger partial charge in [0.05, 0.1) is 11.4 Å². The number of piperazine rings is 1. The van der Waals surface area contributed by atoms with Crippen LogP contribution in [-0.4, -0.2) is 70.7 Å². The minimum absolute atomic E-state index is 0.0974. The number of nitrogens with zero attached hydrogens (tertiary/aromatic N) is 5. The fraction of sp³-hybridized carbons (Fsp3) is 0.333. The third-order valence-electron chi connectivity index (χ3n) is 5.82. The van der Waals surface area contributed by atoms with Crippen LogP contribution < -0.4 is 10.6 Å². The number of carbonyl (C=O) groups excluding carboxylic acids is 1. The Bertz CT molecular complexity index is 1270. The van der Waals surface area contributed by atoms with Crippen molar-refractivity contribution in [3.05, 3.63) is 59.1 Å². The van der Waals surface area contributed by atoms with Crippen LogP contribution in [0.2, 0.25) is 5.02 Å². The first-order valence-corrected chi connectivity index (χ1v) is 11.8. The molecule has 1 aliphatic rings. The number of amides is 1. The number of alkyl halides is 3. The van der Waals surface area contributed by atoms with Crippen molar-refractivity contribution < 1.29 is 22.4 Å². The van der Waals surface area contributed by atoms with E-state index in [9.17, 15) is 22.4 Å². The van der Waals surface area contributed by atoms with E-state index >= 15 is 0 Å². The molecule has 37 heavy (non-hydrogen) atoms. The van der Waals surface area contributed by atoms with Crippen molar-refractivity contribution in [3.8, 4) is 11.3 Å². The molecule has 1 aliphatic heterocycles. The summed E-state index contributed by atoms with van der Waals surface area (Å²) >= 11 is 5.91. The van der Waals surface area contributed by atoms with Gasteiger partial charge in [-0.2, -0.15) is 13.2 Å². The van der Waals surface area contributed by atoms with E-state index in [1.807, 2.05) is 7.05 Å². The van der Waals surface area contributed by atoms with Gasteiger partial charge in [-0.05, 0) is 37.4 Å². The van der Waals surface area contributed by atoms with E-state index in [2.05, 4.69) is 35.6 Å². The average molecular weight is 538 g/mol. The average Bonchev–Trinajstić information content (AvgIpc) is 2.85. The zero-order chi connectivity index (χ0) is 26.6. The molecule has 3 aromatic rings. The second-order valence-corrected chi connectivity index (χ2v) is 9.05. The molecule has 1 amide bonds. The topological polar surface area (TPSA) is 86.3 Å². The van der Waals surface area contributed by atoms with Crippen LogP contribution in [0.1, 0.15) is 12.1 Å². The maximum absolute atomic E-state index is 14.3. The Balaban J connectivity index is 1.50. The number of likely N-dealkylation sites (N-methyl/N-ethyl adjacent to an activating group) is 1. The van der Waals surface area contributed by atoms with Gasteiger partial charge in [-0.15, -0.1) is 10.2 Å². The molecule has 0 radical (unpaired) electrons. The lowest BCUT2D eigenvalue weighted by Crippen LogP contribution is -2.45. The second-order valence-electron chi connectivity index (χ2n) is 8.61. The van der Waals surface area contributed by atoms with Crippen molar-refractivity contribution in [2.75, 3.05) is 50.4 Å². The van der Waals surface area contributed by atoms with Gasteiger partial charge in [0.2, 0.25) is 5.91 Å². The van der Waals surface area contributed by atoms with Gasteiger partial charge in [0, 0.05) is 67.7 Å². The lowest BCUT2D eigenvalue weighted by atomic mass is 10.1. The van der Waals surface area contributed by atoms with Gasteiger partial charge in [0.15, 0.2) is 5.69 Å². The summed E-state index contributed by atoms with van der Waals surface area (Å²) in [5.41, 5.74) is -1.76. The summed E-state index contributed by atoms with van der Waals surface area (Å²) in [5.74, 6) is -0.802. The number of benzene rings is 1. The van der Waals surface area contributed by atoms with Crippen LogP contribution >= 0.6 is 11.6 Å². The number of hydrogen-bond acceptors (Lipinski definition) is 7. The Morgan fingerprint density at radius 2 is 1.84 bits per heavy atom. The maximum atomic E-state index is 14.3. The number of nitrogens with one attached hydrogen (secondary N) is 2. The Morgan fingerprint density at radius 1 is 1.08 bits per heavy atom. The zero-order valence-electron chi connectivity index (χ0n) is 19.8. The molecular weight excluding hydrogens is 514 g/mol. The highest BCUT2D eigenvalue weighted by Crippen LogP contribution is 2.36. The minimum Gasteiger partial charge on any atom is -0.353 e. The molecule has 4 rings (SSSR count). The number of pyridine rings is 1. The fourth-order valence-corrected chi connectivity index (χ4v) is 3.96. The number of halogens is 5. The normalized spacial score (nSPS) is 15.0. The summed E-state index contributed by atoms with van der Waals surface area (Å²) in [6.45, 7) is 4.23. The van der Waals surface area contributed by atoms with Crippen LogP contribution in [0.4, 0.5) is 34.8 Å². The Morgan fingerprint density at radius 3 is 2.57 bits per heavy atom. The molecule has 3 heterocycles. The van der Waals surface area contributed by atoms with Crippen LogP contribution in [0.15, 0.2) is 42.6 Å². The first-order valence-electron chi connectivity index (χ1n) is 11.4. The monoisotopic (exact) mass is 537 g/mol. The van der Waals surface area contributed by atoms with E-state index in [1.54, 1.807) is 0 Å². The van der Waals surface area contributed by atoms with Crippen LogP contribution in [0.25, 0.3) is 11.3 Å². The highest BCUT2D eigenvalue weighted by molar-refractivity contribution is 6.30. The molecule has 1 aromatic carbocycles. The van der Waals surface area contributed by atoms with Gasteiger partial charge in [-0.3, -0.25) is 4.79 Å². The van der Waals surface area contributed by atoms with E-state index < -0.39 is 23.4 Å². The standard InChI is InChI=1S/C24H24ClF4N7O/c1-35-8-10-36(11-9-35)7-5-22(37)32-21-13-16(4-6-30-21)31-20-14-19(33-34-23(20)24(27,28)29)17-12-15(25)2-3-18(17)26/h2-4,6,12-14H,5,7-11H2,1H3,(H2,30,31,32,33,37). The SMILES string of the molecule is CN1CCN(CCC(=O)Nc2cc(Nc3cc(-c4cc(Cl)ccc4F)nnc3C(F)(F)F)ccn2)CC1. The quantitative estimate of drug-likeness (QED) is 0.424. The van der Waals surface area contributed by atoms with E-state index in [0.29, 0.717) is 6.54 Å². The number of rotatable bonds is 7. The summed E-state index contributed by atoms with van der Waals surface area (Å²) in [7, 11) is 2.05. The minimum atomic E-state index is -4.83.